The van der Waals surface area contributed by atoms with Gasteiger partial charge in [0.1, 0.15) is 0 Å². The summed E-state index contributed by atoms with van der Waals surface area (Å²) in [5.74, 6) is -0.0410. The molecule has 2 aromatic carbocycles. The third-order valence-electron chi connectivity index (χ3n) is 5.36. The number of hydrogen-bond acceptors (Lipinski definition) is 4. The molecule has 6 nitrogen and oxygen atoms in total. The van der Waals surface area contributed by atoms with Gasteiger partial charge in [-0.3, -0.25) is 9.69 Å². The van der Waals surface area contributed by atoms with E-state index in [4.69, 9.17) is 0 Å². The van der Waals surface area contributed by atoms with Gasteiger partial charge in [-0.05, 0) is 24.3 Å². The van der Waals surface area contributed by atoms with Crippen LogP contribution in [0.2, 0.25) is 0 Å². The van der Waals surface area contributed by atoms with Gasteiger partial charge in [-0.25, -0.2) is 5.01 Å². The third kappa shape index (κ3) is 2.88. The number of aromatic amines is 1. The molecular weight excluding hydrogens is 338 g/mol. The molecule has 27 heavy (non-hydrogen) atoms. The van der Waals surface area contributed by atoms with Crippen LogP contribution in [0.1, 0.15) is 15.9 Å². The van der Waals surface area contributed by atoms with Crippen LogP contribution in [-0.2, 0) is 0 Å². The van der Waals surface area contributed by atoms with E-state index >= 15 is 0 Å². The van der Waals surface area contributed by atoms with E-state index in [1.807, 2.05) is 30.5 Å². The van der Waals surface area contributed by atoms with Gasteiger partial charge in [-0.15, -0.1) is 0 Å². The molecule has 3 aromatic rings. The molecular formula is C21H21N5O. The lowest BCUT2D eigenvalue weighted by molar-refractivity contribution is 0.0626. The molecule has 0 unspecified atom stereocenters. The predicted molar refractivity (Wildman–Crippen MR) is 107 cm³/mol. The second kappa shape index (κ2) is 6.55. The van der Waals surface area contributed by atoms with Crippen LogP contribution in [0, 0.1) is 0 Å². The molecule has 0 aliphatic carbocycles. The molecule has 3 heterocycles. The maximum Gasteiger partial charge on any atom is 0.275 e. The molecule has 1 amide bonds. The first-order valence-electron chi connectivity index (χ1n) is 9.28. The van der Waals surface area contributed by atoms with Crippen LogP contribution in [0.25, 0.3) is 10.9 Å². The minimum absolute atomic E-state index is 0.0410. The van der Waals surface area contributed by atoms with Crippen LogP contribution in [0.4, 0.5) is 5.69 Å². The fourth-order valence-electron chi connectivity index (χ4n) is 3.89. The number of nitrogens with zero attached hydrogens (tertiary/aromatic N) is 4. The standard InChI is InChI=1S/C21H21N5O/c27-21-18-7-4-8-19-20(18)16(13-22-19)14-23-26(21)15-24-9-11-25(12-10-24)17-5-2-1-3-6-17/h1-8,13-14,22H,9-12,15H2. The number of hydrazone groups is 1. The maximum absolute atomic E-state index is 13.0. The lowest BCUT2D eigenvalue weighted by Gasteiger charge is -2.37. The number of aromatic nitrogens is 1. The molecule has 0 spiro atoms. The highest BCUT2D eigenvalue weighted by molar-refractivity contribution is 6.13. The molecule has 0 saturated carbocycles. The summed E-state index contributed by atoms with van der Waals surface area (Å²) in [4.78, 5) is 20.9. The highest BCUT2D eigenvalue weighted by atomic mass is 16.2. The van der Waals surface area contributed by atoms with Gasteiger partial charge in [0.05, 0.1) is 18.4 Å². The number of nitrogens with one attached hydrogen (secondary N) is 1. The molecule has 0 radical (unpaired) electrons. The summed E-state index contributed by atoms with van der Waals surface area (Å²) in [5, 5.41) is 7.02. The van der Waals surface area contributed by atoms with Gasteiger partial charge in [0.15, 0.2) is 0 Å². The summed E-state index contributed by atoms with van der Waals surface area (Å²) in [6.45, 7) is 4.23. The summed E-state index contributed by atoms with van der Waals surface area (Å²) in [5.41, 5.74) is 3.90. The first kappa shape index (κ1) is 16.1. The lowest BCUT2D eigenvalue weighted by atomic mass is 10.1. The van der Waals surface area contributed by atoms with Crippen molar-refractivity contribution in [3.63, 3.8) is 0 Å². The highest BCUT2D eigenvalue weighted by Crippen LogP contribution is 2.25. The Morgan fingerprint density at radius 2 is 1.78 bits per heavy atom. The average molecular weight is 359 g/mol. The van der Waals surface area contributed by atoms with Crippen molar-refractivity contribution in [2.45, 2.75) is 0 Å². The zero-order valence-electron chi connectivity index (χ0n) is 15.0. The highest BCUT2D eigenvalue weighted by Gasteiger charge is 2.26. The largest absolute Gasteiger partial charge is 0.369 e. The van der Waals surface area contributed by atoms with Crippen LogP contribution in [-0.4, -0.2) is 59.9 Å². The fraction of sp³-hybridized carbons (Fsp3) is 0.238. The van der Waals surface area contributed by atoms with Gasteiger partial charge in [0.25, 0.3) is 5.91 Å². The first-order valence-corrected chi connectivity index (χ1v) is 9.28. The second-order valence-corrected chi connectivity index (χ2v) is 7.00. The van der Waals surface area contributed by atoms with E-state index in [0.29, 0.717) is 12.2 Å². The van der Waals surface area contributed by atoms with Crippen molar-refractivity contribution in [1.82, 2.24) is 14.9 Å². The quantitative estimate of drug-likeness (QED) is 0.782. The van der Waals surface area contributed by atoms with E-state index in [1.54, 1.807) is 11.2 Å². The number of H-pyrrole nitrogens is 1. The Morgan fingerprint density at radius 1 is 0.963 bits per heavy atom. The Bertz CT molecular complexity index is 1000. The van der Waals surface area contributed by atoms with Crippen LogP contribution in [0.5, 0.6) is 0 Å². The zero-order chi connectivity index (χ0) is 18.2. The van der Waals surface area contributed by atoms with Gasteiger partial charge in [-0.2, -0.15) is 5.10 Å². The fourth-order valence-corrected chi connectivity index (χ4v) is 3.89. The van der Waals surface area contributed by atoms with E-state index in [9.17, 15) is 4.79 Å². The van der Waals surface area contributed by atoms with Gasteiger partial charge >= 0.3 is 0 Å². The van der Waals surface area contributed by atoms with Crippen LogP contribution in [0.15, 0.2) is 59.8 Å². The third-order valence-corrected chi connectivity index (χ3v) is 5.36. The normalized spacial score (nSPS) is 17.6. The number of para-hydroxylation sites is 1. The van der Waals surface area contributed by atoms with Crippen molar-refractivity contribution in [3.05, 3.63) is 65.9 Å². The number of hydrogen-bond donors (Lipinski definition) is 1. The molecule has 6 heteroatoms. The lowest BCUT2D eigenvalue weighted by Crippen LogP contribution is -2.50. The Kier molecular flexibility index (Phi) is 3.90. The molecule has 1 N–H and O–H groups in total. The summed E-state index contributed by atoms with van der Waals surface area (Å²) in [6, 6.07) is 16.3. The second-order valence-electron chi connectivity index (χ2n) is 7.00. The predicted octanol–water partition coefficient (Wildman–Crippen LogP) is 2.74. The SMILES string of the molecule is O=C1c2cccc3[nH]cc(c23)C=NN1CN1CCN(c2ccccc2)CC1. The van der Waals surface area contributed by atoms with Crippen LogP contribution in [0.3, 0.4) is 0 Å². The summed E-state index contributed by atoms with van der Waals surface area (Å²) in [7, 11) is 0. The molecule has 1 fully saturated rings. The van der Waals surface area contributed by atoms with E-state index in [2.05, 4.69) is 44.2 Å². The summed E-state index contributed by atoms with van der Waals surface area (Å²) < 4.78 is 0. The Hall–Kier alpha value is -3.12. The van der Waals surface area contributed by atoms with Crippen molar-refractivity contribution in [3.8, 4) is 0 Å². The molecule has 136 valence electrons. The van der Waals surface area contributed by atoms with Gasteiger partial charge in [0, 0.05) is 54.5 Å². The molecule has 1 saturated heterocycles. The topological polar surface area (TPSA) is 54.9 Å². The van der Waals surface area contributed by atoms with Gasteiger partial charge in [0.2, 0.25) is 0 Å². The summed E-state index contributed by atoms with van der Waals surface area (Å²) in [6.07, 6.45) is 3.69. The Morgan fingerprint density at radius 3 is 2.59 bits per heavy atom. The molecule has 5 rings (SSSR count). The van der Waals surface area contributed by atoms with Gasteiger partial charge in [-0.1, -0.05) is 24.3 Å². The number of piperazine rings is 1. The summed E-state index contributed by atoms with van der Waals surface area (Å²) >= 11 is 0. The number of carbonyl (C=O) groups excluding carboxylic acids is 1. The van der Waals surface area contributed by atoms with E-state index < -0.39 is 0 Å². The Labute approximate surface area is 157 Å². The van der Waals surface area contributed by atoms with Crippen LogP contribution < -0.4 is 4.90 Å². The average Bonchev–Trinajstić information content (AvgIpc) is 3.09. The van der Waals surface area contributed by atoms with E-state index in [0.717, 1.165) is 42.6 Å². The van der Waals surface area contributed by atoms with E-state index in [1.165, 1.54) is 5.69 Å². The minimum atomic E-state index is -0.0410. The zero-order valence-corrected chi connectivity index (χ0v) is 15.0. The van der Waals surface area contributed by atoms with Crippen molar-refractivity contribution < 1.29 is 4.79 Å². The minimum Gasteiger partial charge on any atom is -0.369 e. The monoisotopic (exact) mass is 359 g/mol. The number of amides is 1. The first-order chi connectivity index (χ1) is 13.3. The Balaban J connectivity index is 1.30. The number of anilines is 1. The van der Waals surface area contributed by atoms with Crippen molar-refractivity contribution in [2.24, 2.45) is 5.10 Å². The van der Waals surface area contributed by atoms with Gasteiger partial charge < -0.3 is 9.88 Å². The molecule has 1 aromatic heterocycles. The number of rotatable bonds is 3. The van der Waals surface area contributed by atoms with Crippen LogP contribution >= 0.6 is 0 Å². The number of benzene rings is 2. The van der Waals surface area contributed by atoms with Crippen molar-refractivity contribution in [2.75, 3.05) is 37.7 Å². The number of carbonyl (C=O) groups is 1. The van der Waals surface area contributed by atoms with Crippen molar-refractivity contribution >= 4 is 28.7 Å². The molecule has 2 aliphatic rings. The maximum atomic E-state index is 13.0. The molecule has 2 aliphatic heterocycles. The smallest absolute Gasteiger partial charge is 0.275 e. The molecule has 0 atom stereocenters. The molecule has 0 bridgehead atoms. The van der Waals surface area contributed by atoms with E-state index in [-0.39, 0.29) is 5.91 Å². The van der Waals surface area contributed by atoms with Crippen molar-refractivity contribution in [1.29, 1.82) is 0 Å².